The molecule has 0 radical (unpaired) electrons. The third kappa shape index (κ3) is 1.98. The van der Waals surface area contributed by atoms with Crippen LogP contribution in [0.2, 0.25) is 0 Å². The monoisotopic (exact) mass is 218 g/mol. The van der Waals surface area contributed by atoms with Gasteiger partial charge in [0, 0.05) is 0 Å². The van der Waals surface area contributed by atoms with Gasteiger partial charge in [0.05, 0.1) is 4.75 Å². The molecule has 2 nitrogen and oxygen atoms in total. The molecule has 0 aromatic heterocycles. The molecule has 0 aromatic rings. The lowest BCUT2D eigenvalue weighted by Gasteiger charge is -2.27. The van der Waals surface area contributed by atoms with Gasteiger partial charge in [-0.25, -0.2) is 8.42 Å². The van der Waals surface area contributed by atoms with Gasteiger partial charge in [0.25, 0.3) is 9.84 Å². The van der Waals surface area contributed by atoms with Crippen molar-refractivity contribution in [1.82, 2.24) is 0 Å². The summed E-state index contributed by atoms with van der Waals surface area (Å²) in [5.41, 5.74) is -5.15. The summed E-state index contributed by atoms with van der Waals surface area (Å²) in [6.45, 7) is 4.00. The molecule has 0 rings (SSSR count). The summed E-state index contributed by atoms with van der Waals surface area (Å²) in [5, 5.41) is 0. The van der Waals surface area contributed by atoms with Gasteiger partial charge in [-0.05, 0) is 19.8 Å². The van der Waals surface area contributed by atoms with Crippen LogP contribution in [0, 0.1) is 0 Å². The smallest absolute Gasteiger partial charge is 0.219 e. The Morgan fingerprint density at radius 3 is 1.46 bits per heavy atom. The average Bonchev–Trinajstić information content (AvgIpc) is 2.00. The van der Waals surface area contributed by atoms with Gasteiger partial charge in [0.2, 0.25) is 0 Å². The second kappa shape index (κ2) is 3.48. The molecule has 0 aliphatic rings. The van der Waals surface area contributed by atoms with Gasteiger partial charge < -0.3 is 0 Å². The molecule has 0 N–H and O–H groups in total. The SMILES string of the molecule is CCC(C)(CC)S(=O)(=O)C(F)(F)F. The second-order valence-corrected chi connectivity index (χ2v) is 5.56. The molecule has 0 saturated carbocycles. The molecular weight excluding hydrogens is 205 g/mol. The molecule has 0 atom stereocenters. The molecule has 0 aliphatic heterocycles. The van der Waals surface area contributed by atoms with E-state index in [1.54, 1.807) is 0 Å². The highest BCUT2D eigenvalue weighted by Crippen LogP contribution is 2.37. The summed E-state index contributed by atoms with van der Waals surface area (Å²) in [6.07, 6.45) is -0.0727. The van der Waals surface area contributed by atoms with E-state index in [2.05, 4.69) is 0 Å². The second-order valence-electron chi connectivity index (χ2n) is 3.11. The molecule has 13 heavy (non-hydrogen) atoms. The molecule has 80 valence electrons. The minimum Gasteiger partial charge on any atom is -0.219 e. The fraction of sp³-hybridized carbons (Fsp3) is 1.00. The van der Waals surface area contributed by atoms with E-state index in [1.165, 1.54) is 13.8 Å². The normalized spacial score (nSPS) is 14.6. The van der Waals surface area contributed by atoms with Crippen LogP contribution in [0.5, 0.6) is 0 Å². The third-order valence-corrected chi connectivity index (χ3v) is 4.93. The highest BCUT2D eigenvalue weighted by Gasteiger charge is 2.55. The Balaban J connectivity index is 5.28. The zero-order valence-corrected chi connectivity index (χ0v) is 8.59. The van der Waals surface area contributed by atoms with Crippen LogP contribution in [0.3, 0.4) is 0 Å². The van der Waals surface area contributed by atoms with E-state index in [1.807, 2.05) is 0 Å². The van der Waals surface area contributed by atoms with Crippen molar-refractivity contribution in [3.05, 3.63) is 0 Å². The van der Waals surface area contributed by atoms with Crippen molar-refractivity contribution in [2.75, 3.05) is 0 Å². The first-order valence-corrected chi connectivity index (χ1v) is 5.41. The van der Waals surface area contributed by atoms with Crippen LogP contribution in [0.1, 0.15) is 33.6 Å². The van der Waals surface area contributed by atoms with E-state index in [-0.39, 0.29) is 12.8 Å². The van der Waals surface area contributed by atoms with E-state index >= 15 is 0 Å². The van der Waals surface area contributed by atoms with E-state index in [0.717, 1.165) is 6.92 Å². The molecule has 0 saturated heterocycles. The van der Waals surface area contributed by atoms with E-state index in [9.17, 15) is 21.6 Å². The standard InChI is InChI=1S/C7H13F3O2S/c1-4-6(3,5-2)13(11,12)7(8,9)10/h4-5H2,1-3H3. The Morgan fingerprint density at radius 1 is 1.08 bits per heavy atom. The summed E-state index contributed by atoms with van der Waals surface area (Å²) >= 11 is 0. The highest BCUT2D eigenvalue weighted by molar-refractivity contribution is 7.93. The van der Waals surface area contributed by atoms with Crippen LogP contribution in [-0.4, -0.2) is 18.7 Å². The molecular formula is C7H13F3O2S. The topological polar surface area (TPSA) is 34.1 Å². The van der Waals surface area contributed by atoms with Crippen molar-refractivity contribution in [2.45, 2.75) is 43.9 Å². The van der Waals surface area contributed by atoms with E-state index in [0.29, 0.717) is 0 Å². The van der Waals surface area contributed by atoms with Gasteiger partial charge in [-0.15, -0.1) is 0 Å². The highest BCUT2D eigenvalue weighted by atomic mass is 32.2. The zero-order chi connectivity index (χ0) is 10.9. The Kier molecular flexibility index (Phi) is 3.41. The van der Waals surface area contributed by atoms with E-state index in [4.69, 9.17) is 0 Å². The molecule has 0 amide bonds. The molecule has 0 aliphatic carbocycles. The summed E-state index contributed by atoms with van der Waals surface area (Å²) in [4.78, 5) is 0. The lowest BCUT2D eigenvalue weighted by molar-refractivity contribution is -0.0459. The van der Waals surface area contributed by atoms with Crippen LogP contribution < -0.4 is 0 Å². The summed E-state index contributed by atoms with van der Waals surface area (Å²) < 4.78 is 56.7. The molecule has 0 fully saturated rings. The Hall–Kier alpha value is -0.260. The van der Waals surface area contributed by atoms with Crippen molar-refractivity contribution in [3.8, 4) is 0 Å². The Morgan fingerprint density at radius 2 is 1.38 bits per heavy atom. The molecule has 0 heterocycles. The summed E-state index contributed by atoms with van der Waals surface area (Å²) in [6, 6.07) is 0. The predicted molar refractivity (Wildman–Crippen MR) is 44.0 cm³/mol. The lowest BCUT2D eigenvalue weighted by Crippen LogP contribution is -2.43. The molecule has 0 spiro atoms. The quantitative estimate of drug-likeness (QED) is 0.729. The maximum Gasteiger partial charge on any atom is 0.497 e. The maximum absolute atomic E-state index is 12.1. The number of alkyl halides is 3. The zero-order valence-electron chi connectivity index (χ0n) is 7.77. The van der Waals surface area contributed by atoms with Crippen LogP contribution in [0.4, 0.5) is 13.2 Å². The molecule has 0 unspecified atom stereocenters. The van der Waals surface area contributed by atoms with Crippen LogP contribution >= 0.6 is 0 Å². The molecule has 0 aromatic carbocycles. The predicted octanol–water partition coefficient (Wildman–Crippen LogP) is 2.50. The largest absolute Gasteiger partial charge is 0.497 e. The number of hydrogen-bond donors (Lipinski definition) is 0. The summed E-state index contributed by atoms with van der Waals surface area (Å²) in [7, 11) is -5.04. The molecule has 6 heteroatoms. The van der Waals surface area contributed by atoms with Gasteiger partial charge in [-0.3, -0.25) is 0 Å². The first-order chi connectivity index (χ1) is 5.62. The van der Waals surface area contributed by atoms with Gasteiger partial charge >= 0.3 is 5.51 Å². The Labute approximate surface area is 76.1 Å². The fourth-order valence-corrected chi connectivity index (χ4v) is 2.23. The first kappa shape index (κ1) is 12.7. The number of hydrogen-bond acceptors (Lipinski definition) is 2. The van der Waals surface area contributed by atoms with Crippen molar-refractivity contribution >= 4 is 9.84 Å². The average molecular weight is 218 g/mol. The minimum absolute atomic E-state index is 0.0364. The van der Waals surface area contributed by atoms with Crippen LogP contribution in [0.15, 0.2) is 0 Å². The fourth-order valence-electron chi connectivity index (χ4n) is 0.909. The number of sulfone groups is 1. The molecule has 0 bridgehead atoms. The first-order valence-electron chi connectivity index (χ1n) is 3.93. The van der Waals surface area contributed by atoms with E-state index < -0.39 is 20.1 Å². The van der Waals surface area contributed by atoms with Crippen LogP contribution in [0.25, 0.3) is 0 Å². The number of rotatable bonds is 3. The number of halogens is 3. The maximum atomic E-state index is 12.1. The van der Waals surface area contributed by atoms with Gasteiger partial charge in [0.15, 0.2) is 0 Å². The lowest BCUT2D eigenvalue weighted by atomic mass is 10.1. The van der Waals surface area contributed by atoms with Gasteiger partial charge in [-0.2, -0.15) is 13.2 Å². The van der Waals surface area contributed by atoms with Crippen molar-refractivity contribution < 1.29 is 21.6 Å². The summed E-state index contributed by atoms with van der Waals surface area (Å²) in [5.74, 6) is 0. The minimum atomic E-state index is -5.15. The van der Waals surface area contributed by atoms with Crippen molar-refractivity contribution in [3.63, 3.8) is 0 Å². The van der Waals surface area contributed by atoms with Crippen molar-refractivity contribution in [1.29, 1.82) is 0 Å². The Bertz CT molecular complexity index is 262. The van der Waals surface area contributed by atoms with Gasteiger partial charge in [-0.1, -0.05) is 13.8 Å². The van der Waals surface area contributed by atoms with Crippen LogP contribution in [-0.2, 0) is 9.84 Å². The van der Waals surface area contributed by atoms with Crippen molar-refractivity contribution in [2.24, 2.45) is 0 Å². The third-order valence-electron chi connectivity index (χ3n) is 2.45. The van der Waals surface area contributed by atoms with Gasteiger partial charge in [0.1, 0.15) is 0 Å².